The van der Waals surface area contributed by atoms with Gasteiger partial charge in [-0.15, -0.1) is 23.2 Å². The Hall–Kier alpha value is -3.75. The monoisotopic (exact) mass is 1060 g/mol. The summed E-state index contributed by atoms with van der Waals surface area (Å²) in [6.07, 6.45) is 42.3. The molecule has 8 nitrogen and oxygen atoms in total. The molecule has 0 saturated heterocycles. The van der Waals surface area contributed by atoms with Gasteiger partial charge < -0.3 is 14.0 Å². The van der Waals surface area contributed by atoms with Gasteiger partial charge >= 0.3 is 19.6 Å². The van der Waals surface area contributed by atoms with Crippen LogP contribution in [-0.2, 0) is 18.7 Å². The van der Waals surface area contributed by atoms with E-state index in [0.717, 1.165) is 96.3 Å². The second kappa shape index (κ2) is 40.5. The van der Waals surface area contributed by atoms with Crippen molar-refractivity contribution in [2.45, 2.75) is 186 Å². The van der Waals surface area contributed by atoms with Gasteiger partial charge in [-0.3, -0.25) is 14.2 Å². The molecule has 1 N–H and O–H groups in total. The number of ether oxygens (including phenoxy) is 2. The number of alkyl halides is 2. The summed E-state index contributed by atoms with van der Waals surface area (Å²) in [6, 6.07) is 4.82. The van der Waals surface area contributed by atoms with Crippen LogP contribution in [0.15, 0.2) is 129 Å². The number of allylic oxidation sites excluding steroid dienone is 17. The number of rotatable bonds is 38. The fourth-order valence-electron chi connectivity index (χ4n) is 7.79. The van der Waals surface area contributed by atoms with E-state index in [4.69, 9.17) is 37.2 Å². The van der Waals surface area contributed by atoms with Gasteiger partial charge in [-0.2, -0.15) is 0 Å². The molecule has 1 aromatic rings. The second-order valence-electron chi connectivity index (χ2n) is 19.8. The second-order valence-corrected chi connectivity index (χ2v) is 22.7. The molecule has 0 bridgehead atoms. The highest BCUT2D eigenvalue weighted by atomic mass is 35.5. The molecule has 0 aromatic heterocycles. The normalized spacial score (nSPS) is 14.6. The highest BCUT2D eigenvalue weighted by Gasteiger charge is 2.30. The number of carbonyl (C=O) groups is 2. The third-order valence-corrected chi connectivity index (χ3v) is 14.8. The number of halogens is 2. The predicted octanol–water partition coefficient (Wildman–Crippen LogP) is 18.8. The Morgan fingerprint density at radius 3 is 1.19 bits per heavy atom. The van der Waals surface area contributed by atoms with Crippen molar-refractivity contribution >= 4 is 48.9 Å². The minimum absolute atomic E-state index is 0.0189. The van der Waals surface area contributed by atoms with E-state index in [1.165, 1.54) is 70.4 Å². The number of hydrogen-bond acceptors (Lipinski definition) is 6. The molecule has 1 unspecified atom stereocenters. The summed E-state index contributed by atoms with van der Waals surface area (Å²) in [5, 5.41) is 3.14. The van der Waals surface area contributed by atoms with Crippen molar-refractivity contribution in [2.24, 2.45) is 0 Å². The molecule has 0 fully saturated rings. The van der Waals surface area contributed by atoms with E-state index in [-0.39, 0.29) is 29.9 Å². The van der Waals surface area contributed by atoms with Crippen LogP contribution >= 0.6 is 30.9 Å². The Kier molecular flexibility index (Phi) is 37.4. The van der Waals surface area contributed by atoms with Crippen molar-refractivity contribution < 1.29 is 28.2 Å². The lowest BCUT2D eigenvalue weighted by Gasteiger charge is -2.30. The van der Waals surface area contributed by atoms with Gasteiger partial charge in [-0.25, -0.2) is 9.76 Å². The first kappa shape index (κ1) is 67.3. The first-order chi connectivity index (χ1) is 34.8. The molecule has 73 heavy (non-hydrogen) atoms. The molecule has 0 aliphatic rings. The maximum atomic E-state index is 14.2. The van der Waals surface area contributed by atoms with Crippen LogP contribution in [0, 0.1) is 0 Å². The van der Waals surface area contributed by atoms with Crippen LogP contribution in [0.25, 0.3) is 6.08 Å². The number of carbonyl (C=O) groups excluding carboxylic acids is 2. The minimum atomic E-state index is -3.53. The van der Waals surface area contributed by atoms with Crippen LogP contribution in [-0.4, -0.2) is 54.6 Å². The maximum Gasteiger partial charge on any atom is 0.344 e. The summed E-state index contributed by atoms with van der Waals surface area (Å²) in [5.74, 6) is -0.313. The highest BCUT2D eigenvalue weighted by molar-refractivity contribution is 7.54. The van der Waals surface area contributed by atoms with Gasteiger partial charge in [0.2, 0.25) is 0 Å². The summed E-state index contributed by atoms with van der Waals surface area (Å²) < 4.78 is 32.2. The van der Waals surface area contributed by atoms with Crippen LogP contribution in [0.4, 0.5) is 0 Å². The highest BCUT2D eigenvalue weighted by Crippen LogP contribution is 2.46. The summed E-state index contributed by atoms with van der Waals surface area (Å²) in [5.41, 5.74) is 13.6. The third kappa shape index (κ3) is 35.2. The van der Waals surface area contributed by atoms with Crippen LogP contribution in [0.5, 0.6) is 11.5 Å². The Balaban J connectivity index is 2.51. The zero-order valence-electron chi connectivity index (χ0n) is 47.2. The zero-order chi connectivity index (χ0) is 54.4. The van der Waals surface area contributed by atoms with Gasteiger partial charge in [0.1, 0.15) is 0 Å². The average molecular weight is 1070 g/mol. The number of nitrogens with zero attached hydrogens (tertiary/aromatic N) is 1. The van der Waals surface area contributed by atoms with Crippen LogP contribution in [0.3, 0.4) is 0 Å². The molecule has 0 heterocycles. The van der Waals surface area contributed by atoms with Crippen molar-refractivity contribution in [3.05, 3.63) is 135 Å². The van der Waals surface area contributed by atoms with E-state index >= 15 is 0 Å². The van der Waals surface area contributed by atoms with Crippen LogP contribution in [0.2, 0.25) is 0 Å². The summed E-state index contributed by atoms with van der Waals surface area (Å²) in [7, 11) is -3.53. The molecule has 0 aliphatic heterocycles. The van der Waals surface area contributed by atoms with Gasteiger partial charge in [0, 0.05) is 45.2 Å². The van der Waals surface area contributed by atoms with E-state index in [2.05, 4.69) is 123 Å². The first-order valence-corrected chi connectivity index (χ1v) is 29.3. The first-order valence-electron chi connectivity index (χ1n) is 26.7. The van der Waals surface area contributed by atoms with Gasteiger partial charge in [0.05, 0.1) is 6.61 Å². The largest absolute Gasteiger partial charge is 0.423 e. The van der Waals surface area contributed by atoms with Crippen molar-refractivity contribution in [2.75, 3.05) is 38.0 Å². The molecular formula is C62H95Cl2N2O6P. The van der Waals surface area contributed by atoms with E-state index < -0.39 is 19.6 Å². The molecule has 0 radical (unpaired) electrons. The Morgan fingerprint density at radius 1 is 0.507 bits per heavy atom. The fourth-order valence-corrected chi connectivity index (χ4v) is 10.2. The topological polar surface area (TPSA) is 94.2 Å². The van der Waals surface area contributed by atoms with Crippen molar-refractivity contribution in [1.29, 1.82) is 0 Å². The van der Waals surface area contributed by atoms with Gasteiger partial charge in [0.15, 0.2) is 11.5 Å². The number of nitrogens with one attached hydrogen (secondary N) is 1. The lowest BCUT2D eigenvalue weighted by molar-refractivity contribution is -0.134. The Morgan fingerprint density at radius 2 is 0.849 bits per heavy atom. The summed E-state index contributed by atoms with van der Waals surface area (Å²) in [6.45, 7) is 25.9. The number of hydrogen-bond donors (Lipinski definition) is 1. The molecule has 0 aliphatic carbocycles. The molecule has 1 rings (SSSR count). The van der Waals surface area contributed by atoms with Gasteiger partial charge in [-0.1, -0.05) is 123 Å². The Labute approximate surface area is 454 Å². The zero-order valence-corrected chi connectivity index (χ0v) is 49.6. The smallest absolute Gasteiger partial charge is 0.344 e. The lowest BCUT2D eigenvalue weighted by Crippen LogP contribution is -2.32. The lowest BCUT2D eigenvalue weighted by atomic mass is 10.0. The fraction of sp³-hybridized carbons (Fsp3) is 0.548. The molecule has 11 heteroatoms. The SMILES string of the molecule is CC(=O)Oc1ccc(/C=C/COP(=O)(NC/C=C(\C)CC/C=C(\C)CC/C=C(\C)CC/C=C(\C)CC/C=C(\C)CC/C=C(\C)CC/C=C(\C)CC/C=C(\C)CCC=C(C)C)N(CCCl)CCCl)cc1OC(C)=O. The average Bonchev–Trinajstić information content (AvgIpc) is 3.30. The quantitative estimate of drug-likeness (QED) is 0.0230. The van der Waals surface area contributed by atoms with Crippen molar-refractivity contribution in [3.8, 4) is 11.5 Å². The molecule has 0 amide bonds. The van der Waals surface area contributed by atoms with Crippen LogP contribution in [0.1, 0.15) is 191 Å². The van der Waals surface area contributed by atoms with Crippen LogP contribution < -0.4 is 14.6 Å². The summed E-state index contributed by atoms with van der Waals surface area (Å²) in [4.78, 5) is 23.1. The molecular weight excluding hydrogens is 971 g/mol. The summed E-state index contributed by atoms with van der Waals surface area (Å²) >= 11 is 12.2. The third-order valence-electron chi connectivity index (χ3n) is 12.2. The molecule has 0 spiro atoms. The maximum absolute atomic E-state index is 14.2. The van der Waals surface area contributed by atoms with E-state index in [9.17, 15) is 14.2 Å². The number of benzene rings is 1. The van der Waals surface area contributed by atoms with Gasteiger partial charge in [0.25, 0.3) is 0 Å². The van der Waals surface area contributed by atoms with Gasteiger partial charge in [-0.05, 0) is 190 Å². The molecule has 1 atom stereocenters. The van der Waals surface area contributed by atoms with Crippen molar-refractivity contribution in [1.82, 2.24) is 9.76 Å². The molecule has 0 saturated carbocycles. The van der Waals surface area contributed by atoms with E-state index in [0.29, 0.717) is 25.2 Å². The van der Waals surface area contributed by atoms with E-state index in [1.54, 1.807) is 35.0 Å². The van der Waals surface area contributed by atoms with E-state index in [1.807, 2.05) is 6.08 Å². The minimum Gasteiger partial charge on any atom is -0.423 e. The molecule has 1 aromatic carbocycles. The number of esters is 2. The predicted molar refractivity (Wildman–Crippen MR) is 316 cm³/mol. The standard InChI is InChI=1S/C62H95Cl2N2O6P/c1-49(2)22-13-23-50(3)24-14-25-51(4)26-15-27-52(5)28-16-29-53(6)30-17-31-54(7)32-18-33-55(8)34-19-35-56(9)36-20-37-57(10)41-44-65-73(69,66(45-42-63)46-43-64)70-47-21-38-60-39-40-61(71-58(11)67)62(48-60)72-59(12)68/h21-22,24,26,28,30,32,34,36,38-41,48H,13-20,23,25,27,29,31,33,35,37,42-47H2,1-12H3,(H,65,69)/b38-21+,50-24+,51-26+,52-28+,53-30+,54-32+,55-34+,56-36+,57-41+. The Bertz CT molecular complexity index is 2180. The van der Waals surface area contributed by atoms with Crippen molar-refractivity contribution in [3.63, 3.8) is 0 Å². The molecule has 408 valence electrons.